The molecule has 0 spiro atoms. The molecule has 0 radical (unpaired) electrons. The van der Waals surface area contributed by atoms with E-state index in [1.54, 1.807) is 6.07 Å². The Morgan fingerprint density at radius 2 is 2.10 bits per heavy atom. The number of ether oxygens (including phenoxy) is 2. The van der Waals surface area contributed by atoms with Gasteiger partial charge in [0.1, 0.15) is 5.75 Å². The van der Waals surface area contributed by atoms with Gasteiger partial charge >= 0.3 is 6.61 Å². The molecule has 0 bridgehead atoms. The zero-order valence-corrected chi connectivity index (χ0v) is 11.2. The van der Waals surface area contributed by atoms with Crippen molar-refractivity contribution in [2.24, 2.45) is 0 Å². The molecule has 4 nitrogen and oxygen atoms in total. The van der Waals surface area contributed by atoms with Crippen LogP contribution in [0.15, 0.2) is 36.4 Å². The SMILES string of the molecule is C=C(C)COCCNC(=O)c1ccccc1OC(F)F. The fraction of sp³-hybridized carbons (Fsp3) is 0.357. The number of carbonyl (C=O) groups excluding carboxylic acids is 1. The predicted molar refractivity (Wildman–Crippen MR) is 71.0 cm³/mol. The molecule has 0 aliphatic rings. The maximum Gasteiger partial charge on any atom is 0.387 e. The number of hydrogen-bond donors (Lipinski definition) is 1. The molecule has 0 heterocycles. The third-order valence-electron chi connectivity index (χ3n) is 2.23. The second kappa shape index (κ2) is 8.27. The lowest BCUT2D eigenvalue weighted by Crippen LogP contribution is -2.28. The first kappa shape index (κ1) is 16.1. The van der Waals surface area contributed by atoms with Gasteiger partial charge in [-0.25, -0.2) is 0 Å². The second-order valence-corrected chi connectivity index (χ2v) is 4.14. The van der Waals surface area contributed by atoms with E-state index < -0.39 is 12.5 Å². The van der Waals surface area contributed by atoms with Crippen molar-refractivity contribution < 1.29 is 23.0 Å². The normalized spacial score (nSPS) is 10.4. The molecule has 0 saturated heterocycles. The summed E-state index contributed by atoms with van der Waals surface area (Å²) in [5, 5.41) is 2.57. The van der Waals surface area contributed by atoms with E-state index in [0.29, 0.717) is 13.2 Å². The van der Waals surface area contributed by atoms with Gasteiger partial charge in [-0.1, -0.05) is 24.3 Å². The number of benzene rings is 1. The molecule has 0 aliphatic heterocycles. The number of nitrogens with one attached hydrogen (secondary N) is 1. The highest BCUT2D eigenvalue weighted by molar-refractivity contribution is 5.96. The molecular weight excluding hydrogens is 268 g/mol. The van der Waals surface area contributed by atoms with Crippen LogP contribution in [0.2, 0.25) is 0 Å². The van der Waals surface area contributed by atoms with E-state index in [2.05, 4.69) is 16.6 Å². The summed E-state index contributed by atoms with van der Waals surface area (Å²) >= 11 is 0. The van der Waals surface area contributed by atoms with Crippen LogP contribution in [0.5, 0.6) is 5.75 Å². The van der Waals surface area contributed by atoms with Crippen molar-refractivity contribution in [1.29, 1.82) is 0 Å². The highest BCUT2D eigenvalue weighted by Gasteiger charge is 2.14. The quantitative estimate of drug-likeness (QED) is 0.590. The maximum absolute atomic E-state index is 12.2. The van der Waals surface area contributed by atoms with Gasteiger partial charge in [0.05, 0.1) is 18.8 Å². The second-order valence-electron chi connectivity index (χ2n) is 4.14. The number of hydrogen-bond acceptors (Lipinski definition) is 3. The van der Waals surface area contributed by atoms with Crippen LogP contribution in [0.4, 0.5) is 8.78 Å². The summed E-state index contributed by atoms with van der Waals surface area (Å²) in [5.74, 6) is -0.636. The molecule has 0 fully saturated rings. The molecular formula is C14H17F2NO3. The molecule has 20 heavy (non-hydrogen) atoms. The molecule has 1 amide bonds. The fourth-order valence-electron chi connectivity index (χ4n) is 1.43. The summed E-state index contributed by atoms with van der Waals surface area (Å²) in [5.41, 5.74) is 0.944. The average molecular weight is 285 g/mol. The Morgan fingerprint density at radius 3 is 2.75 bits per heavy atom. The van der Waals surface area contributed by atoms with Crippen LogP contribution in [-0.4, -0.2) is 32.3 Å². The number of para-hydroxylation sites is 1. The van der Waals surface area contributed by atoms with Gasteiger partial charge in [-0.2, -0.15) is 8.78 Å². The molecule has 6 heteroatoms. The van der Waals surface area contributed by atoms with Crippen LogP contribution in [0.3, 0.4) is 0 Å². The third-order valence-corrected chi connectivity index (χ3v) is 2.23. The lowest BCUT2D eigenvalue weighted by molar-refractivity contribution is -0.0501. The van der Waals surface area contributed by atoms with Gasteiger partial charge in [-0.05, 0) is 19.1 Å². The van der Waals surface area contributed by atoms with Crippen molar-refractivity contribution in [2.45, 2.75) is 13.5 Å². The smallest absolute Gasteiger partial charge is 0.387 e. The zero-order valence-electron chi connectivity index (χ0n) is 11.2. The van der Waals surface area contributed by atoms with E-state index >= 15 is 0 Å². The third kappa shape index (κ3) is 5.79. The molecule has 1 aromatic rings. The number of alkyl halides is 2. The Kier molecular flexibility index (Phi) is 6.66. The van der Waals surface area contributed by atoms with E-state index in [9.17, 15) is 13.6 Å². The summed E-state index contributed by atoms with van der Waals surface area (Å²) < 4.78 is 33.9. The minimum absolute atomic E-state index is 0.0627. The van der Waals surface area contributed by atoms with Crippen LogP contribution >= 0.6 is 0 Å². The monoisotopic (exact) mass is 285 g/mol. The molecule has 0 saturated carbocycles. The van der Waals surface area contributed by atoms with E-state index in [4.69, 9.17) is 4.74 Å². The van der Waals surface area contributed by atoms with Gasteiger partial charge in [0.25, 0.3) is 5.91 Å². The van der Waals surface area contributed by atoms with E-state index in [0.717, 1.165) is 5.57 Å². The fourth-order valence-corrected chi connectivity index (χ4v) is 1.43. The minimum atomic E-state index is -2.97. The molecule has 0 unspecified atom stereocenters. The Labute approximate surface area is 116 Å². The van der Waals surface area contributed by atoms with Gasteiger partial charge in [-0.3, -0.25) is 4.79 Å². The Bertz CT molecular complexity index is 463. The minimum Gasteiger partial charge on any atom is -0.434 e. The standard InChI is InChI=1S/C14H17F2NO3/c1-10(2)9-19-8-7-17-13(18)11-5-3-4-6-12(11)20-14(15)16/h3-6,14H,1,7-9H2,2H3,(H,17,18). The first-order valence-corrected chi connectivity index (χ1v) is 6.05. The van der Waals surface area contributed by atoms with Gasteiger partial charge in [-0.15, -0.1) is 0 Å². The first-order chi connectivity index (χ1) is 9.50. The predicted octanol–water partition coefficient (Wildman–Crippen LogP) is 2.61. The summed E-state index contributed by atoms with van der Waals surface area (Å²) in [4.78, 5) is 11.8. The zero-order chi connectivity index (χ0) is 15.0. The maximum atomic E-state index is 12.2. The summed E-state index contributed by atoms with van der Waals surface area (Å²) in [6.07, 6.45) is 0. The summed E-state index contributed by atoms with van der Waals surface area (Å²) in [7, 11) is 0. The number of rotatable bonds is 8. The summed E-state index contributed by atoms with van der Waals surface area (Å²) in [6, 6.07) is 5.83. The van der Waals surface area contributed by atoms with Crippen LogP contribution in [0, 0.1) is 0 Å². The van der Waals surface area contributed by atoms with E-state index in [-0.39, 0.29) is 17.9 Å². The van der Waals surface area contributed by atoms with Gasteiger partial charge < -0.3 is 14.8 Å². The molecule has 1 N–H and O–H groups in total. The van der Waals surface area contributed by atoms with Crippen LogP contribution in [-0.2, 0) is 4.74 Å². The van der Waals surface area contributed by atoms with Crippen molar-refractivity contribution in [2.75, 3.05) is 19.8 Å². The van der Waals surface area contributed by atoms with Crippen molar-refractivity contribution in [3.05, 3.63) is 42.0 Å². The molecule has 0 aromatic heterocycles. The Balaban J connectivity index is 2.48. The number of carbonyl (C=O) groups is 1. The molecule has 1 aromatic carbocycles. The Hall–Kier alpha value is -1.95. The van der Waals surface area contributed by atoms with E-state index in [1.165, 1.54) is 18.2 Å². The molecule has 1 rings (SSSR count). The Morgan fingerprint density at radius 1 is 1.40 bits per heavy atom. The lowest BCUT2D eigenvalue weighted by atomic mass is 10.2. The average Bonchev–Trinajstić information content (AvgIpc) is 2.37. The van der Waals surface area contributed by atoms with Crippen molar-refractivity contribution in [3.8, 4) is 5.75 Å². The van der Waals surface area contributed by atoms with E-state index in [1.807, 2.05) is 6.92 Å². The lowest BCUT2D eigenvalue weighted by Gasteiger charge is -2.11. The number of amides is 1. The number of halogens is 2. The van der Waals surface area contributed by atoms with Gasteiger partial charge in [0, 0.05) is 6.54 Å². The molecule has 110 valence electrons. The van der Waals surface area contributed by atoms with Crippen molar-refractivity contribution in [3.63, 3.8) is 0 Å². The molecule has 0 atom stereocenters. The van der Waals surface area contributed by atoms with Crippen LogP contribution in [0.25, 0.3) is 0 Å². The largest absolute Gasteiger partial charge is 0.434 e. The molecule has 0 aliphatic carbocycles. The highest BCUT2D eigenvalue weighted by Crippen LogP contribution is 2.19. The van der Waals surface area contributed by atoms with Gasteiger partial charge in [0.2, 0.25) is 0 Å². The first-order valence-electron chi connectivity index (χ1n) is 6.05. The topological polar surface area (TPSA) is 47.6 Å². The van der Waals surface area contributed by atoms with Gasteiger partial charge in [0.15, 0.2) is 0 Å². The highest BCUT2D eigenvalue weighted by atomic mass is 19.3. The summed E-state index contributed by atoms with van der Waals surface area (Å²) in [6.45, 7) is 3.54. The van der Waals surface area contributed by atoms with Crippen molar-refractivity contribution in [1.82, 2.24) is 5.32 Å². The van der Waals surface area contributed by atoms with Crippen LogP contribution in [0.1, 0.15) is 17.3 Å². The van der Waals surface area contributed by atoms with Crippen LogP contribution < -0.4 is 10.1 Å². The van der Waals surface area contributed by atoms with Crippen molar-refractivity contribution >= 4 is 5.91 Å².